The molecule has 0 spiro atoms. The number of fused-ring (bicyclic) bond motifs is 1. The Labute approximate surface area is 294 Å². The molecule has 2 N–H and O–H groups in total. The van der Waals surface area contributed by atoms with Crippen LogP contribution in [0.4, 0.5) is 21.9 Å². The number of anilines is 3. The van der Waals surface area contributed by atoms with Crippen molar-refractivity contribution in [2.75, 3.05) is 27.8 Å². The van der Waals surface area contributed by atoms with Crippen molar-refractivity contribution in [1.82, 2.24) is 0 Å². The van der Waals surface area contributed by atoms with Gasteiger partial charge in [0.15, 0.2) is 5.60 Å². The molecule has 0 saturated heterocycles. The van der Waals surface area contributed by atoms with Gasteiger partial charge in [-0.05, 0) is 77.3 Å². The largest absolute Gasteiger partial charge is 0.476 e. The number of primary amides is 1. The number of hydrogen-bond acceptors (Lipinski definition) is 8. The SMILES string of the molecule is CC(C)(C)OC(=O)CN1C(=O)[C@H](N(C(N)=O)c2cccc(OC(C)(C)C(=O)OCc3ccccc3)c2)CN(C2CCCCC2)c2ccccc21. The van der Waals surface area contributed by atoms with Gasteiger partial charge in [-0.2, -0.15) is 0 Å². The topological polar surface area (TPSA) is 132 Å². The van der Waals surface area contributed by atoms with E-state index < -0.39 is 41.1 Å². The smallest absolute Gasteiger partial charge is 0.350 e. The number of nitrogens with two attached hydrogens (primary N) is 1. The van der Waals surface area contributed by atoms with E-state index >= 15 is 0 Å². The second-order valence-corrected chi connectivity index (χ2v) is 14.3. The van der Waals surface area contributed by atoms with E-state index in [-0.39, 0.29) is 31.5 Å². The summed E-state index contributed by atoms with van der Waals surface area (Å²) in [5, 5.41) is 0. The third-order valence-electron chi connectivity index (χ3n) is 8.85. The van der Waals surface area contributed by atoms with Crippen molar-refractivity contribution >= 4 is 40.9 Å². The highest BCUT2D eigenvalue weighted by Crippen LogP contribution is 2.39. The van der Waals surface area contributed by atoms with Crippen molar-refractivity contribution in [3.8, 4) is 5.75 Å². The molecule has 5 rings (SSSR count). The average Bonchev–Trinajstić information content (AvgIpc) is 3.18. The molecule has 50 heavy (non-hydrogen) atoms. The van der Waals surface area contributed by atoms with Crippen molar-refractivity contribution < 1.29 is 33.4 Å². The number of urea groups is 1. The fourth-order valence-corrected chi connectivity index (χ4v) is 6.58. The van der Waals surface area contributed by atoms with Gasteiger partial charge < -0.3 is 24.8 Å². The monoisotopic (exact) mass is 684 g/mol. The summed E-state index contributed by atoms with van der Waals surface area (Å²) < 4.78 is 17.3. The van der Waals surface area contributed by atoms with Crippen LogP contribution in [-0.2, 0) is 30.5 Å². The predicted molar refractivity (Wildman–Crippen MR) is 192 cm³/mol. The number of rotatable bonds is 10. The number of para-hydroxylation sites is 2. The maximum atomic E-state index is 14.7. The number of hydrogen-bond donors (Lipinski definition) is 1. The fraction of sp³-hybridized carbons (Fsp3) is 0.436. The lowest BCUT2D eigenvalue weighted by Gasteiger charge is -2.39. The third-order valence-corrected chi connectivity index (χ3v) is 8.85. The number of carbonyl (C=O) groups is 4. The summed E-state index contributed by atoms with van der Waals surface area (Å²) in [6, 6.07) is 21.5. The molecule has 266 valence electrons. The summed E-state index contributed by atoms with van der Waals surface area (Å²) in [6.45, 7) is 8.39. The van der Waals surface area contributed by atoms with E-state index in [9.17, 15) is 19.2 Å². The van der Waals surface area contributed by atoms with E-state index in [1.807, 2.05) is 54.6 Å². The zero-order valence-corrected chi connectivity index (χ0v) is 29.6. The van der Waals surface area contributed by atoms with Crippen LogP contribution in [0.3, 0.4) is 0 Å². The molecule has 0 aromatic heterocycles. The third kappa shape index (κ3) is 8.74. The molecule has 2 aliphatic rings. The maximum Gasteiger partial charge on any atom is 0.350 e. The van der Waals surface area contributed by atoms with Gasteiger partial charge in [-0.25, -0.2) is 9.59 Å². The van der Waals surface area contributed by atoms with E-state index in [0.29, 0.717) is 11.4 Å². The van der Waals surface area contributed by atoms with E-state index in [2.05, 4.69) is 4.90 Å². The minimum atomic E-state index is -1.38. The van der Waals surface area contributed by atoms with E-state index in [4.69, 9.17) is 19.9 Å². The molecule has 1 saturated carbocycles. The molecule has 3 amide bonds. The summed E-state index contributed by atoms with van der Waals surface area (Å²) in [5.41, 5.74) is 6.44. The molecule has 3 aromatic rings. The molecule has 0 bridgehead atoms. The molecule has 1 aliphatic carbocycles. The summed E-state index contributed by atoms with van der Waals surface area (Å²) in [4.78, 5) is 59.3. The summed E-state index contributed by atoms with van der Waals surface area (Å²) >= 11 is 0. The van der Waals surface area contributed by atoms with Gasteiger partial charge in [0.25, 0.3) is 5.91 Å². The summed E-state index contributed by atoms with van der Waals surface area (Å²) in [5.74, 6) is -1.35. The van der Waals surface area contributed by atoms with Crippen molar-refractivity contribution in [2.45, 2.75) is 96.6 Å². The van der Waals surface area contributed by atoms with Crippen molar-refractivity contribution in [2.24, 2.45) is 5.73 Å². The van der Waals surface area contributed by atoms with Crippen LogP contribution in [0.25, 0.3) is 0 Å². The van der Waals surface area contributed by atoms with Crippen LogP contribution in [0.1, 0.15) is 72.3 Å². The van der Waals surface area contributed by atoms with E-state index in [1.165, 1.54) is 9.80 Å². The molecule has 11 nitrogen and oxygen atoms in total. The fourth-order valence-electron chi connectivity index (χ4n) is 6.58. The molecular weight excluding hydrogens is 636 g/mol. The Bertz CT molecular complexity index is 1680. The van der Waals surface area contributed by atoms with Gasteiger partial charge in [0.1, 0.15) is 30.5 Å². The van der Waals surface area contributed by atoms with E-state index in [1.54, 1.807) is 58.9 Å². The zero-order chi connectivity index (χ0) is 36.1. The highest BCUT2D eigenvalue weighted by Gasteiger charge is 2.42. The van der Waals surface area contributed by atoms with Crippen molar-refractivity contribution in [3.63, 3.8) is 0 Å². The van der Waals surface area contributed by atoms with Gasteiger partial charge in [0, 0.05) is 18.7 Å². The first kappa shape index (κ1) is 36.2. The normalized spacial score (nSPS) is 17.0. The summed E-state index contributed by atoms with van der Waals surface area (Å²) in [6.07, 6.45) is 5.08. The minimum Gasteiger partial charge on any atom is -0.476 e. The Morgan fingerprint density at radius 1 is 0.860 bits per heavy atom. The van der Waals surface area contributed by atoms with Crippen LogP contribution in [0.2, 0.25) is 0 Å². The maximum absolute atomic E-state index is 14.7. The molecule has 11 heteroatoms. The summed E-state index contributed by atoms with van der Waals surface area (Å²) in [7, 11) is 0. The first-order valence-electron chi connectivity index (χ1n) is 17.2. The van der Waals surface area contributed by atoms with Crippen LogP contribution in [0.15, 0.2) is 78.9 Å². The molecule has 1 fully saturated rings. The molecule has 1 heterocycles. The van der Waals surface area contributed by atoms with Gasteiger partial charge in [-0.1, -0.05) is 67.8 Å². The second-order valence-electron chi connectivity index (χ2n) is 14.3. The van der Waals surface area contributed by atoms with Crippen molar-refractivity contribution in [1.29, 1.82) is 0 Å². The second kappa shape index (κ2) is 15.2. The minimum absolute atomic E-state index is 0.0887. The average molecular weight is 685 g/mol. The number of benzene rings is 3. The molecular formula is C39H48N4O7. The van der Waals surface area contributed by atoms with Gasteiger partial charge >= 0.3 is 18.0 Å². The lowest BCUT2D eigenvalue weighted by molar-refractivity contribution is -0.160. The number of amides is 3. The van der Waals surface area contributed by atoms with Gasteiger partial charge in [0.05, 0.1) is 17.1 Å². The first-order chi connectivity index (χ1) is 23.7. The van der Waals surface area contributed by atoms with Gasteiger partial charge in [-0.15, -0.1) is 0 Å². The quantitative estimate of drug-likeness (QED) is 0.244. The Hall–Kier alpha value is -5.06. The number of esters is 2. The lowest BCUT2D eigenvalue weighted by Crippen LogP contribution is -2.58. The Morgan fingerprint density at radius 2 is 1.52 bits per heavy atom. The Morgan fingerprint density at radius 3 is 2.18 bits per heavy atom. The Kier molecular flexibility index (Phi) is 11.0. The number of carbonyl (C=O) groups excluding carboxylic acids is 4. The highest BCUT2D eigenvalue weighted by molar-refractivity contribution is 6.10. The van der Waals surface area contributed by atoms with Gasteiger partial charge in [-0.3, -0.25) is 19.4 Å². The molecule has 1 atom stereocenters. The van der Waals surface area contributed by atoms with Gasteiger partial charge in [0.2, 0.25) is 0 Å². The molecule has 1 aliphatic heterocycles. The van der Waals surface area contributed by atoms with Crippen LogP contribution >= 0.6 is 0 Å². The standard InChI is InChI=1S/C39H48N4O7/c1-38(2,3)50-34(44)25-42-32-22-13-12-21-31(32)41(28-17-10-7-11-18-28)24-33(35(42)45)43(37(40)47)29-19-14-20-30(23-29)49-39(4,5)36(46)48-26-27-15-8-6-9-16-27/h6,8-9,12-16,19-23,28,33H,7,10-11,17-18,24-26H2,1-5H3,(H2,40,47)/t33-/m1/s1. The van der Waals surface area contributed by atoms with Crippen LogP contribution < -0.4 is 25.2 Å². The van der Waals surface area contributed by atoms with E-state index in [0.717, 1.165) is 43.4 Å². The molecule has 0 unspecified atom stereocenters. The number of ether oxygens (including phenoxy) is 3. The highest BCUT2D eigenvalue weighted by atomic mass is 16.6. The van der Waals surface area contributed by atoms with Crippen LogP contribution in [-0.4, -0.2) is 60.3 Å². The van der Waals surface area contributed by atoms with Crippen LogP contribution in [0, 0.1) is 0 Å². The Balaban J connectivity index is 1.48. The predicted octanol–water partition coefficient (Wildman–Crippen LogP) is 6.37. The van der Waals surface area contributed by atoms with Crippen LogP contribution in [0.5, 0.6) is 5.75 Å². The molecule has 3 aromatic carbocycles. The van der Waals surface area contributed by atoms with Crippen molar-refractivity contribution in [3.05, 3.63) is 84.4 Å². The zero-order valence-electron chi connectivity index (χ0n) is 29.6. The molecule has 0 radical (unpaired) electrons. The first-order valence-corrected chi connectivity index (χ1v) is 17.2. The number of nitrogens with zero attached hydrogens (tertiary/aromatic N) is 3. The lowest BCUT2D eigenvalue weighted by atomic mass is 9.93.